The van der Waals surface area contributed by atoms with Crippen molar-refractivity contribution in [2.24, 2.45) is 0 Å². The zero-order valence-corrected chi connectivity index (χ0v) is 12.5. The van der Waals surface area contributed by atoms with E-state index in [2.05, 4.69) is 0 Å². The highest BCUT2D eigenvalue weighted by Crippen LogP contribution is 2.21. The number of carbonyl (C=O) groups is 3. The van der Waals surface area contributed by atoms with Crippen molar-refractivity contribution in [3.63, 3.8) is 0 Å². The Bertz CT molecular complexity index is 426. The third-order valence-corrected chi connectivity index (χ3v) is 4.23. The molecular weight excluding hydrogens is 274 g/mol. The van der Waals surface area contributed by atoms with Crippen molar-refractivity contribution in [3.8, 4) is 0 Å². The first kappa shape index (κ1) is 15.6. The van der Waals surface area contributed by atoms with E-state index in [1.165, 1.54) is 0 Å². The molecule has 2 aliphatic rings. The molecule has 2 rings (SSSR count). The Labute approximate surface area is 124 Å². The summed E-state index contributed by atoms with van der Waals surface area (Å²) in [5.74, 6) is -0.945. The Balaban J connectivity index is 2.05. The van der Waals surface area contributed by atoms with E-state index in [4.69, 9.17) is 5.11 Å². The van der Waals surface area contributed by atoms with Crippen molar-refractivity contribution >= 4 is 17.9 Å². The Kier molecular flexibility index (Phi) is 5.03. The SMILES string of the molecule is CN1CCCN(C(=O)N2CCCCC2CC(=O)O)CC1=O. The largest absolute Gasteiger partial charge is 0.481 e. The average Bonchev–Trinajstić information content (AvgIpc) is 2.60. The summed E-state index contributed by atoms with van der Waals surface area (Å²) in [7, 11) is 1.74. The molecule has 1 N–H and O–H groups in total. The van der Waals surface area contributed by atoms with Gasteiger partial charge in [-0.2, -0.15) is 0 Å². The number of urea groups is 1. The van der Waals surface area contributed by atoms with E-state index in [1.54, 1.807) is 21.7 Å². The van der Waals surface area contributed by atoms with Gasteiger partial charge in [0.15, 0.2) is 0 Å². The van der Waals surface area contributed by atoms with Crippen LogP contribution in [0.15, 0.2) is 0 Å². The van der Waals surface area contributed by atoms with E-state index in [-0.39, 0.29) is 30.9 Å². The van der Waals surface area contributed by atoms with Gasteiger partial charge < -0.3 is 19.8 Å². The number of carboxylic acids is 1. The van der Waals surface area contributed by atoms with E-state index in [1.807, 2.05) is 0 Å². The normalized spacial score (nSPS) is 24.0. The second-order valence-electron chi connectivity index (χ2n) is 5.81. The molecule has 1 unspecified atom stereocenters. The van der Waals surface area contributed by atoms with Gasteiger partial charge in [0.1, 0.15) is 6.54 Å². The molecule has 118 valence electrons. The lowest BCUT2D eigenvalue weighted by atomic mass is 10.00. The van der Waals surface area contributed by atoms with Gasteiger partial charge in [-0.3, -0.25) is 9.59 Å². The Morgan fingerprint density at radius 2 is 1.95 bits per heavy atom. The minimum atomic E-state index is -0.883. The summed E-state index contributed by atoms with van der Waals surface area (Å²) < 4.78 is 0. The molecule has 0 aromatic heterocycles. The maximum absolute atomic E-state index is 12.6. The minimum Gasteiger partial charge on any atom is -0.481 e. The van der Waals surface area contributed by atoms with Gasteiger partial charge in [-0.05, 0) is 25.7 Å². The van der Waals surface area contributed by atoms with E-state index in [0.717, 1.165) is 25.7 Å². The molecule has 0 radical (unpaired) electrons. The molecule has 2 aliphatic heterocycles. The molecule has 3 amide bonds. The van der Waals surface area contributed by atoms with Crippen molar-refractivity contribution < 1.29 is 19.5 Å². The highest BCUT2D eigenvalue weighted by Gasteiger charge is 2.33. The number of likely N-dealkylation sites (tertiary alicyclic amines) is 1. The van der Waals surface area contributed by atoms with E-state index in [9.17, 15) is 14.4 Å². The number of piperidine rings is 1. The second-order valence-corrected chi connectivity index (χ2v) is 5.81. The van der Waals surface area contributed by atoms with E-state index in [0.29, 0.717) is 19.6 Å². The molecule has 0 spiro atoms. The number of hydrogen-bond donors (Lipinski definition) is 1. The molecule has 0 aromatic rings. The third-order valence-electron chi connectivity index (χ3n) is 4.23. The summed E-state index contributed by atoms with van der Waals surface area (Å²) >= 11 is 0. The average molecular weight is 297 g/mol. The number of aliphatic carboxylic acids is 1. The Morgan fingerprint density at radius 3 is 2.67 bits per heavy atom. The lowest BCUT2D eigenvalue weighted by Gasteiger charge is -2.38. The molecule has 2 saturated heterocycles. The quantitative estimate of drug-likeness (QED) is 0.809. The van der Waals surface area contributed by atoms with Crippen LogP contribution < -0.4 is 0 Å². The van der Waals surface area contributed by atoms with Crippen molar-refractivity contribution in [2.45, 2.75) is 38.1 Å². The van der Waals surface area contributed by atoms with Crippen LogP contribution in [0.3, 0.4) is 0 Å². The van der Waals surface area contributed by atoms with Crippen LogP contribution >= 0.6 is 0 Å². The van der Waals surface area contributed by atoms with Crippen LogP contribution in [0.1, 0.15) is 32.1 Å². The second kappa shape index (κ2) is 6.78. The van der Waals surface area contributed by atoms with Gasteiger partial charge in [-0.25, -0.2) is 4.79 Å². The number of carboxylic acid groups (broad SMARTS) is 1. The number of carbonyl (C=O) groups excluding carboxylic acids is 2. The lowest BCUT2D eigenvalue weighted by Crippen LogP contribution is -2.52. The van der Waals surface area contributed by atoms with Gasteiger partial charge in [0.25, 0.3) is 0 Å². The van der Waals surface area contributed by atoms with Gasteiger partial charge >= 0.3 is 12.0 Å². The summed E-state index contributed by atoms with van der Waals surface area (Å²) in [6.07, 6.45) is 3.30. The standard InChI is InChI=1S/C14H23N3O4/c1-15-6-4-7-16(10-12(15)18)14(21)17-8-3-2-5-11(17)9-13(19)20/h11H,2-10H2,1H3,(H,19,20). The summed E-state index contributed by atoms with van der Waals surface area (Å²) in [6.45, 7) is 1.87. The summed E-state index contributed by atoms with van der Waals surface area (Å²) in [4.78, 5) is 40.3. The molecule has 7 heteroatoms. The van der Waals surface area contributed by atoms with E-state index >= 15 is 0 Å². The maximum Gasteiger partial charge on any atom is 0.320 e. The number of nitrogens with zero attached hydrogens (tertiary/aromatic N) is 3. The first-order chi connectivity index (χ1) is 9.99. The van der Waals surface area contributed by atoms with Gasteiger partial charge in [-0.15, -0.1) is 0 Å². The fourth-order valence-corrected chi connectivity index (χ4v) is 3.00. The van der Waals surface area contributed by atoms with Crippen LogP contribution in [0.5, 0.6) is 0 Å². The van der Waals surface area contributed by atoms with Crippen LogP contribution in [0, 0.1) is 0 Å². The molecule has 2 fully saturated rings. The Morgan fingerprint density at radius 1 is 1.19 bits per heavy atom. The maximum atomic E-state index is 12.6. The number of hydrogen-bond acceptors (Lipinski definition) is 3. The zero-order chi connectivity index (χ0) is 15.4. The van der Waals surface area contributed by atoms with Gasteiger partial charge in [0, 0.05) is 32.7 Å². The van der Waals surface area contributed by atoms with Crippen molar-refractivity contribution in [1.29, 1.82) is 0 Å². The highest BCUT2D eigenvalue weighted by molar-refractivity contribution is 5.84. The lowest BCUT2D eigenvalue weighted by molar-refractivity contribution is -0.138. The molecule has 0 aliphatic carbocycles. The first-order valence-corrected chi connectivity index (χ1v) is 7.50. The number of likely N-dealkylation sites (N-methyl/N-ethyl adjacent to an activating group) is 1. The van der Waals surface area contributed by atoms with Crippen molar-refractivity contribution in [2.75, 3.05) is 33.2 Å². The third kappa shape index (κ3) is 3.86. The van der Waals surface area contributed by atoms with Gasteiger partial charge in [0.05, 0.1) is 6.42 Å². The fourth-order valence-electron chi connectivity index (χ4n) is 3.00. The minimum absolute atomic E-state index is 0.0204. The topological polar surface area (TPSA) is 81.2 Å². The fraction of sp³-hybridized carbons (Fsp3) is 0.786. The monoisotopic (exact) mass is 297 g/mol. The van der Waals surface area contributed by atoms with Crippen LogP contribution in [-0.2, 0) is 9.59 Å². The van der Waals surface area contributed by atoms with E-state index < -0.39 is 5.97 Å². The molecule has 21 heavy (non-hydrogen) atoms. The highest BCUT2D eigenvalue weighted by atomic mass is 16.4. The zero-order valence-electron chi connectivity index (χ0n) is 12.5. The summed E-state index contributed by atoms with van der Waals surface area (Å²) in [5.41, 5.74) is 0. The Hall–Kier alpha value is -1.79. The molecule has 0 saturated carbocycles. The molecule has 1 atom stereocenters. The molecule has 0 aromatic carbocycles. The summed E-state index contributed by atoms with van der Waals surface area (Å²) in [5, 5.41) is 8.99. The van der Waals surface area contributed by atoms with Crippen LogP contribution in [0.4, 0.5) is 4.79 Å². The number of rotatable bonds is 2. The van der Waals surface area contributed by atoms with Crippen LogP contribution in [0.2, 0.25) is 0 Å². The predicted octanol–water partition coefficient (Wildman–Crippen LogP) is 0.600. The van der Waals surface area contributed by atoms with Gasteiger partial charge in [-0.1, -0.05) is 0 Å². The van der Waals surface area contributed by atoms with Crippen LogP contribution in [-0.4, -0.2) is 77.0 Å². The number of amides is 3. The van der Waals surface area contributed by atoms with Crippen molar-refractivity contribution in [3.05, 3.63) is 0 Å². The molecular formula is C14H23N3O4. The molecule has 0 bridgehead atoms. The first-order valence-electron chi connectivity index (χ1n) is 7.50. The van der Waals surface area contributed by atoms with Gasteiger partial charge in [0.2, 0.25) is 5.91 Å². The predicted molar refractivity (Wildman–Crippen MR) is 75.8 cm³/mol. The van der Waals surface area contributed by atoms with Crippen molar-refractivity contribution in [1.82, 2.24) is 14.7 Å². The molecule has 2 heterocycles. The summed E-state index contributed by atoms with van der Waals surface area (Å²) in [6, 6.07) is -0.440. The smallest absolute Gasteiger partial charge is 0.320 e. The molecule has 7 nitrogen and oxygen atoms in total. The van der Waals surface area contributed by atoms with Crippen LogP contribution in [0.25, 0.3) is 0 Å².